The number of nitrogens with zero attached hydrogens (tertiary/aromatic N) is 3. The lowest BCUT2D eigenvalue weighted by Gasteiger charge is -2.33. The lowest BCUT2D eigenvalue weighted by atomic mass is 10.0. The third-order valence-corrected chi connectivity index (χ3v) is 6.26. The van der Waals surface area contributed by atoms with E-state index in [9.17, 15) is 4.79 Å². The van der Waals surface area contributed by atoms with Crippen LogP contribution in [0.3, 0.4) is 0 Å². The smallest absolute Gasteiger partial charge is 0.251 e. The summed E-state index contributed by atoms with van der Waals surface area (Å²) in [6.07, 6.45) is 6.43. The number of rotatable bonds is 8. The summed E-state index contributed by atoms with van der Waals surface area (Å²) in [6, 6.07) is 18.3. The number of hydrogen-bond donors (Lipinski definition) is 2. The summed E-state index contributed by atoms with van der Waals surface area (Å²) in [7, 11) is 0. The first-order chi connectivity index (χ1) is 16.1. The molecule has 1 aliphatic rings. The van der Waals surface area contributed by atoms with Crippen molar-refractivity contribution in [2.45, 2.75) is 45.6 Å². The highest BCUT2D eigenvalue weighted by molar-refractivity contribution is 5.95. The average molecular weight is 444 g/mol. The molecule has 2 aromatic carbocycles. The lowest BCUT2D eigenvalue weighted by Crippen LogP contribution is -2.39. The Labute approximate surface area is 196 Å². The van der Waals surface area contributed by atoms with Gasteiger partial charge >= 0.3 is 0 Å². The van der Waals surface area contributed by atoms with Crippen LogP contribution >= 0.6 is 0 Å². The Hall–Kier alpha value is -3.25. The number of likely N-dealkylation sites (tertiary alicyclic amines) is 1. The molecule has 3 aromatic rings. The molecular formula is C27H33N5O. The van der Waals surface area contributed by atoms with Crippen LogP contribution in [0.5, 0.6) is 0 Å². The Bertz CT molecular complexity index is 1070. The van der Waals surface area contributed by atoms with Crippen LogP contribution in [0, 0.1) is 6.92 Å². The molecule has 0 radical (unpaired) electrons. The summed E-state index contributed by atoms with van der Waals surface area (Å²) < 4.78 is 0. The number of benzene rings is 2. The maximum absolute atomic E-state index is 12.7. The second kappa shape index (κ2) is 11.1. The van der Waals surface area contributed by atoms with Crippen molar-refractivity contribution < 1.29 is 4.79 Å². The number of piperidine rings is 1. The van der Waals surface area contributed by atoms with Crippen molar-refractivity contribution in [1.82, 2.24) is 20.2 Å². The molecule has 33 heavy (non-hydrogen) atoms. The van der Waals surface area contributed by atoms with Crippen molar-refractivity contribution in [2.75, 3.05) is 25.0 Å². The average Bonchev–Trinajstić information content (AvgIpc) is 2.83. The van der Waals surface area contributed by atoms with Gasteiger partial charge in [-0.2, -0.15) is 0 Å². The predicted octanol–water partition coefficient (Wildman–Crippen LogP) is 5.19. The van der Waals surface area contributed by atoms with Crippen LogP contribution in [0.4, 0.5) is 11.5 Å². The highest BCUT2D eigenvalue weighted by atomic mass is 16.1. The van der Waals surface area contributed by atoms with Crippen molar-refractivity contribution in [1.29, 1.82) is 0 Å². The first-order valence-electron chi connectivity index (χ1n) is 11.9. The van der Waals surface area contributed by atoms with Crippen molar-refractivity contribution in [3.63, 3.8) is 0 Å². The number of amides is 1. The first kappa shape index (κ1) is 22.9. The van der Waals surface area contributed by atoms with E-state index in [-0.39, 0.29) is 5.91 Å². The zero-order valence-corrected chi connectivity index (χ0v) is 19.6. The molecule has 0 saturated carbocycles. The predicted molar refractivity (Wildman–Crippen MR) is 134 cm³/mol. The van der Waals surface area contributed by atoms with E-state index in [0.29, 0.717) is 24.0 Å². The number of anilines is 2. The number of hydrogen-bond acceptors (Lipinski definition) is 5. The summed E-state index contributed by atoms with van der Waals surface area (Å²) >= 11 is 0. The highest BCUT2D eigenvalue weighted by Gasteiger charge is 2.17. The Morgan fingerprint density at radius 1 is 1.09 bits per heavy atom. The van der Waals surface area contributed by atoms with Gasteiger partial charge in [-0.15, -0.1) is 0 Å². The fraction of sp³-hybridized carbons (Fsp3) is 0.370. The fourth-order valence-corrected chi connectivity index (χ4v) is 4.27. The molecule has 0 unspecified atom stereocenters. The first-order valence-corrected chi connectivity index (χ1v) is 11.9. The van der Waals surface area contributed by atoms with Gasteiger partial charge in [0, 0.05) is 42.0 Å². The van der Waals surface area contributed by atoms with Crippen LogP contribution in [0.2, 0.25) is 0 Å². The van der Waals surface area contributed by atoms with E-state index < -0.39 is 0 Å². The lowest BCUT2D eigenvalue weighted by molar-refractivity contribution is 0.0949. The molecule has 0 spiro atoms. The summed E-state index contributed by atoms with van der Waals surface area (Å²) in [5.41, 5.74) is 4.56. The minimum Gasteiger partial charge on any atom is -0.352 e. The van der Waals surface area contributed by atoms with E-state index in [2.05, 4.69) is 63.6 Å². The van der Waals surface area contributed by atoms with Crippen molar-refractivity contribution in [3.05, 3.63) is 72.1 Å². The third kappa shape index (κ3) is 6.39. The molecule has 6 nitrogen and oxygen atoms in total. The van der Waals surface area contributed by atoms with Gasteiger partial charge in [0.15, 0.2) is 0 Å². The molecule has 2 heterocycles. The standard InChI is InChI=1S/C27H33N5O/c1-20-10-12-22(13-11-20)25-18-26(30-19-29-25)31-24-9-5-8-23(17-24)27(33)28-14-6-16-32-15-4-3-7-21(32)2/h5,8-13,17-19,21H,3-4,6-7,14-16H2,1-2H3,(H,28,33)(H,29,30,31)/t21-/m0/s1. The molecule has 2 N–H and O–H groups in total. The molecule has 1 aromatic heterocycles. The molecule has 1 fully saturated rings. The van der Waals surface area contributed by atoms with Crippen LogP contribution in [0.25, 0.3) is 11.3 Å². The van der Waals surface area contributed by atoms with Crippen LogP contribution in [0.1, 0.15) is 48.5 Å². The van der Waals surface area contributed by atoms with Gasteiger partial charge in [0.25, 0.3) is 5.91 Å². The number of aryl methyl sites for hydroxylation is 1. The Balaban J connectivity index is 1.32. The van der Waals surface area contributed by atoms with Crippen LogP contribution in [-0.4, -0.2) is 46.5 Å². The zero-order chi connectivity index (χ0) is 23.0. The van der Waals surface area contributed by atoms with Crippen molar-refractivity contribution in [3.8, 4) is 11.3 Å². The number of aromatic nitrogens is 2. The van der Waals surface area contributed by atoms with E-state index in [4.69, 9.17) is 0 Å². The maximum atomic E-state index is 12.7. The minimum absolute atomic E-state index is 0.0478. The van der Waals surface area contributed by atoms with Crippen LogP contribution < -0.4 is 10.6 Å². The number of nitrogens with one attached hydrogen (secondary N) is 2. The van der Waals surface area contributed by atoms with Gasteiger partial charge in [-0.25, -0.2) is 9.97 Å². The Morgan fingerprint density at radius 3 is 2.76 bits per heavy atom. The van der Waals surface area contributed by atoms with Crippen LogP contribution in [0.15, 0.2) is 60.9 Å². The molecule has 1 saturated heterocycles. The largest absolute Gasteiger partial charge is 0.352 e. The second-order valence-corrected chi connectivity index (χ2v) is 8.85. The van der Waals surface area contributed by atoms with Gasteiger partial charge in [-0.3, -0.25) is 4.79 Å². The SMILES string of the molecule is Cc1ccc(-c2cc(Nc3cccc(C(=O)NCCCN4CCCC[C@@H]4C)c3)ncn2)cc1. The quantitative estimate of drug-likeness (QED) is 0.469. The maximum Gasteiger partial charge on any atom is 0.251 e. The monoisotopic (exact) mass is 443 g/mol. The normalized spacial score (nSPS) is 16.4. The molecule has 0 aliphatic carbocycles. The zero-order valence-electron chi connectivity index (χ0n) is 19.6. The molecule has 6 heteroatoms. The Kier molecular flexibility index (Phi) is 7.68. The van der Waals surface area contributed by atoms with E-state index in [1.165, 1.54) is 31.4 Å². The molecule has 1 aliphatic heterocycles. The van der Waals surface area contributed by atoms with Gasteiger partial charge in [0.1, 0.15) is 12.1 Å². The second-order valence-electron chi connectivity index (χ2n) is 8.85. The molecule has 1 amide bonds. The molecule has 0 bridgehead atoms. The van der Waals surface area contributed by atoms with Crippen molar-refractivity contribution in [2.24, 2.45) is 0 Å². The van der Waals surface area contributed by atoms with Crippen LogP contribution in [-0.2, 0) is 0 Å². The summed E-state index contributed by atoms with van der Waals surface area (Å²) in [6.45, 7) is 7.27. The number of carbonyl (C=O) groups is 1. The van der Waals surface area contributed by atoms with Gasteiger partial charge in [-0.1, -0.05) is 42.3 Å². The van der Waals surface area contributed by atoms with Gasteiger partial charge in [0.2, 0.25) is 0 Å². The minimum atomic E-state index is -0.0478. The van der Waals surface area contributed by atoms with E-state index in [0.717, 1.165) is 29.9 Å². The highest BCUT2D eigenvalue weighted by Crippen LogP contribution is 2.22. The van der Waals surface area contributed by atoms with E-state index in [1.54, 1.807) is 6.33 Å². The van der Waals surface area contributed by atoms with Gasteiger partial charge in [0.05, 0.1) is 5.69 Å². The van der Waals surface area contributed by atoms with Gasteiger partial charge in [-0.05, 0) is 57.9 Å². The Morgan fingerprint density at radius 2 is 1.94 bits per heavy atom. The molecule has 1 atom stereocenters. The topological polar surface area (TPSA) is 70.2 Å². The van der Waals surface area contributed by atoms with E-state index >= 15 is 0 Å². The van der Waals surface area contributed by atoms with Crippen molar-refractivity contribution >= 4 is 17.4 Å². The summed E-state index contributed by atoms with van der Waals surface area (Å²) in [5.74, 6) is 0.641. The fourth-order valence-electron chi connectivity index (χ4n) is 4.27. The summed E-state index contributed by atoms with van der Waals surface area (Å²) in [4.78, 5) is 23.9. The third-order valence-electron chi connectivity index (χ3n) is 6.26. The van der Waals surface area contributed by atoms with E-state index in [1.807, 2.05) is 30.3 Å². The molecule has 172 valence electrons. The molecular weight excluding hydrogens is 410 g/mol. The number of carbonyl (C=O) groups excluding carboxylic acids is 1. The molecule has 4 rings (SSSR count). The summed E-state index contributed by atoms with van der Waals surface area (Å²) in [5, 5.41) is 6.36. The van der Waals surface area contributed by atoms with Gasteiger partial charge < -0.3 is 15.5 Å².